The van der Waals surface area contributed by atoms with Gasteiger partial charge in [0.1, 0.15) is 5.41 Å². The molecule has 108 valence electrons. The zero-order valence-corrected chi connectivity index (χ0v) is 13.3. The summed E-state index contributed by atoms with van der Waals surface area (Å²) in [7, 11) is 0. The Morgan fingerprint density at radius 3 is 2.55 bits per heavy atom. The predicted molar refractivity (Wildman–Crippen MR) is 81.5 cm³/mol. The quantitative estimate of drug-likeness (QED) is 0.914. The molecule has 1 fully saturated rings. The highest BCUT2D eigenvalue weighted by atomic mass is 32.1. The van der Waals surface area contributed by atoms with Gasteiger partial charge < -0.3 is 5.32 Å². The highest BCUT2D eigenvalue weighted by Crippen LogP contribution is 2.37. The van der Waals surface area contributed by atoms with Crippen LogP contribution < -0.4 is 5.32 Å². The molecule has 1 aromatic heterocycles. The van der Waals surface area contributed by atoms with Crippen molar-refractivity contribution in [3.8, 4) is 6.07 Å². The van der Waals surface area contributed by atoms with Crippen LogP contribution in [0.4, 0.5) is 0 Å². The smallest absolute Gasteiger partial charge is 0.240 e. The minimum absolute atomic E-state index is 0.0281. The SMILES string of the molecule is Cc1cc(C(C)NC(=O)C2(C#N)CCCCC2)c(C)s1. The number of aryl methyl sites for hydroxylation is 2. The van der Waals surface area contributed by atoms with E-state index < -0.39 is 5.41 Å². The summed E-state index contributed by atoms with van der Waals surface area (Å²) in [5.74, 6) is -0.0875. The lowest BCUT2D eigenvalue weighted by molar-refractivity contribution is -0.130. The maximum atomic E-state index is 12.5. The number of carbonyl (C=O) groups excluding carboxylic acids is 1. The van der Waals surface area contributed by atoms with Crippen LogP contribution in [-0.4, -0.2) is 5.91 Å². The molecular formula is C16H22N2OS. The minimum Gasteiger partial charge on any atom is -0.348 e. The van der Waals surface area contributed by atoms with Gasteiger partial charge in [0.25, 0.3) is 0 Å². The number of thiophene rings is 1. The molecule has 1 atom stereocenters. The van der Waals surface area contributed by atoms with E-state index in [9.17, 15) is 10.1 Å². The molecule has 1 N–H and O–H groups in total. The van der Waals surface area contributed by atoms with E-state index in [4.69, 9.17) is 0 Å². The molecule has 1 amide bonds. The van der Waals surface area contributed by atoms with Gasteiger partial charge >= 0.3 is 0 Å². The largest absolute Gasteiger partial charge is 0.348 e. The van der Waals surface area contributed by atoms with E-state index in [2.05, 4.69) is 31.3 Å². The molecule has 1 saturated carbocycles. The van der Waals surface area contributed by atoms with Gasteiger partial charge in [-0.3, -0.25) is 4.79 Å². The van der Waals surface area contributed by atoms with E-state index in [1.165, 1.54) is 15.3 Å². The highest BCUT2D eigenvalue weighted by molar-refractivity contribution is 7.12. The highest BCUT2D eigenvalue weighted by Gasteiger charge is 2.40. The predicted octanol–water partition coefficient (Wildman–Crippen LogP) is 4.02. The summed E-state index contributed by atoms with van der Waals surface area (Å²) in [5.41, 5.74) is 0.371. The number of carbonyl (C=O) groups is 1. The molecule has 20 heavy (non-hydrogen) atoms. The van der Waals surface area contributed by atoms with Gasteiger partial charge in [0.2, 0.25) is 5.91 Å². The molecule has 1 unspecified atom stereocenters. The summed E-state index contributed by atoms with van der Waals surface area (Å²) in [6.07, 6.45) is 4.49. The van der Waals surface area contributed by atoms with Crippen LogP contribution in [0.2, 0.25) is 0 Å². The maximum absolute atomic E-state index is 12.5. The van der Waals surface area contributed by atoms with Gasteiger partial charge in [-0.2, -0.15) is 5.26 Å². The van der Waals surface area contributed by atoms with Gasteiger partial charge in [0.05, 0.1) is 12.1 Å². The van der Waals surface area contributed by atoms with Gasteiger partial charge in [-0.1, -0.05) is 19.3 Å². The molecule has 4 heteroatoms. The molecule has 2 rings (SSSR count). The number of hydrogen-bond acceptors (Lipinski definition) is 3. The first-order chi connectivity index (χ1) is 9.48. The Hall–Kier alpha value is -1.34. The van der Waals surface area contributed by atoms with Crippen molar-refractivity contribution in [2.75, 3.05) is 0 Å². The second-order valence-corrected chi connectivity index (χ2v) is 7.28. The molecule has 3 nitrogen and oxygen atoms in total. The molecule has 0 spiro atoms. The Morgan fingerprint density at radius 1 is 1.40 bits per heavy atom. The van der Waals surface area contributed by atoms with Gasteiger partial charge in [-0.15, -0.1) is 11.3 Å². The summed E-state index contributed by atoms with van der Waals surface area (Å²) < 4.78 is 0. The molecule has 0 bridgehead atoms. The van der Waals surface area contributed by atoms with E-state index in [1.807, 2.05) is 6.92 Å². The number of nitrogens with one attached hydrogen (secondary N) is 1. The van der Waals surface area contributed by atoms with Gasteiger partial charge in [-0.05, 0) is 45.2 Å². The molecular weight excluding hydrogens is 268 g/mol. The van der Waals surface area contributed by atoms with Crippen molar-refractivity contribution in [2.45, 2.75) is 58.9 Å². The number of amides is 1. The third-order valence-electron chi connectivity index (χ3n) is 4.25. The van der Waals surface area contributed by atoms with Crippen molar-refractivity contribution in [3.05, 3.63) is 21.4 Å². The van der Waals surface area contributed by atoms with Gasteiger partial charge in [0.15, 0.2) is 0 Å². The van der Waals surface area contributed by atoms with E-state index in [-0.39, 0.29) is 11.9 Å². The summed E-state index contributed by atoms with van der Waals surface area (Å²) in [6, 6.07) is 4.39. The van der Waals surface area contributed by atoms with Crippen LogP contribution >= 0.6 is 11.3 Å². The molecule has 1 aromatic rings. The van der Waals surface area contributed by atoms with Crippen molar-refractivity contribution in [1.29, 1.82) is 5.26 Å². The lowest BCUT2D eigenvalue weighted by Gasteiger charge is -2.30. The number of hydrogen-bond donors (Lipinski definition) is 1. The van der Waals surface area contributed by atoms with Crippen molar-refractivity contribution in [1.82, 2.24) is 5.32 Å². The second-order valence-electron chi connectivity index (χ2n) is 5.82. The molecule has 0 aromatic carbocycles. The Kier molecular flexibility index (Phi) is 4.49. The molecule has 1 heterocycles. The fraction of sp³-hybridized carbons (Fsp3) is 0.625. The van der Waals surface area contributed by atoms with Crippen LogP contribution in [0.3, 0.4) is 0 Å². The zero-order valence-electron chi connectivity index (χ0n) is 12.5. The van der Waals surface area contributed by atoms with E-state index in [0.29, 0.717) is 12.8 Å². The van der Waals surface area contributed by atoms with Crippen molar-refractivity contribution < 1.29 is 4.79 Å². The fourth-order valence-electron chi connectivity index (χ4n) is 3.04. The fourth-order valence-corrected chi connectivity index (χ4v) is 4.06. The number of nitrogens with zero attached hydrogens (tertiary/aromatic N) is 1. The molecule has 1 aliphatic rings. The Labute approximate surface area is 125 Å². The first kappa shape index (κ1) is 15.1. The van der Waals surface area contributed by atoms with Gasteiger partial charge in [0, 0.05) is 9.75 Å². The van der Waals surface area contributed by atoms with Crippen LogP contribution in [0.25, 0.3) is 0 Å². The third-order valence-corrected chi connectivity index (χ3v) is 5.23. The Balaban J connectivity index is 2.11. The molecule has 0 saturated heterocycles. The number of rotatable bonds is 3. The van der Waals surface area contributed by atoms with Crippen molar-refractivity contribution >= 4 is 17.2 Å². The molecule has 1 aliphatic carbocycles. The first-order valence-electron chi connectivity index (χ1n) is 7.28. The van der Waals surface area contributed by atoms with E-state index >= 15 is 0 Å². The summed E-state index contributed by atoms with van der Waals surface area (Å²) in [5, 5.41) is 12.5. The first-order valence-corrected chi connectivity index (χ1v) is 8.09. The average Bonchev–Trinajstić information content (AvgIpc) is 2.78. The normalized spacial score (nSPS) is 19.1. The molecule has 0 radical (unpaired) electrons. The van der Waals surface area contributed by atoms with E-state index in [1.54, 1.807) is 11.3 Å². The Bertz CT molecular complexity index is 535. The monoisotopic (exact) mass is 290 g/mol. The van der Waals surface area contributed by atoms with Gasteiger partial charge in [-0.25, -0.2) is 0 Å². The van der Waals surface area contributed by atoms with Crippen LogP contribution in [0, 0.1) is 30.6 Å². The van der Waals surface area contributed by atoms with Crippen LogP contribution in [-0.2, 0) is 4.79 Å². The lowest BCUT2D eigenvalue weighted by Crippen LogP contribution is -2.42. The van der Waals surface area contributed by atoms with Crippen LogP contribution in [0.1, 0.15) is 60.4 Å². The summed E-state index contributed by atoms with van der Waals surface area (Å²) in [6.45, 7) is 6.16. The maximum Gasteiger partial charge on any atom is 0.240 e. The van der Waals surface area contributed by atoms with E-state index in [0.717, 1.165) is 19.3 Å². The standard InChI is InChI=1S/C16H22N2OS/c1-11-9-14(13(3)20-11)12(2)18-15(19)16(10-17)7-5-4-6-8-16/h9,12H,4-8H2,1-3H3,(H,18,19). The number of nitriles is 1. The zero-order chi connectivity index (χ0) is 14.8. The van der Waals surface area contributed by atoms with Crippen molar-refractivity contribution in [2.24, 2.45) is 5.41 Å². The average molecular weight is 290 g/mol. The molecule has 0 aliphatic heterocycles. The van der Waals surface area contributed by atoms with Crippen molar-refractivity contribution in [3.63, 3.8) is 0 Å². The van der Waals surface area contributed by atoms with Crippen LogP contribution in [0.15, 0.2) is 6.07 Å². The third kappa shape index (κ3) is 2.88. The Morgan fingerprint density at radius 2 is 2.05 bits per heavy atom. The van der Waals surface area contributed by atoms with Crippen LogP contribution in [0.5, 0.6) is 0 Å². The summed E-state index contributed by atoms with van der Waals surface area (Å²) >= 11 is 1.75. The minimum atomic E-state index is -0.800. The second kappa shape index (κ2) is 5.97. The topological polar surface area (TPSA) is 52.9 Å². The summed E-state index contributed by atoms with van der Waals surface area (Å²) in [4.78, 5) is 15.0. The lowest BCUT2D eigenvalue weighted by atomic mass is 9.74.